The molecule has 2 amide bonds. The Hall–Kier alpha value is -3.02. The van der Waals surface area contributed by atoms with Crippen LogP contribution in [-0.4, -0.2) is 45.0 Å². The molecule has 2 aliphatic rings. The van der Waals surface area contributed by atoms with Gasteiger partial charge in [0.1, 0.15) is 0 Å². The number of hydrogen-bond donors (Lipinski definition) is 2. The van der Waals surface area contributed by atoms with Gasteiger partial charge in [-0.2, -0.15) is 0 Å². The monoisotopic (exact) mass is 420 g/mol. The predicted octanol–water partition coefficient (Wildman–Crippen LogP) is 3.03. The molecule has 2 aromatic rings. The van der Waals surface area contributed by atoms with Crippen LogP contribution in [0.1, 0.15) is 42.9 Å². The zero-order chi connectivity index (χ0) is 21.8. The van der Waals surface area contributed by atoms with E-state index in [1.165, 1.54) is 11.3 Å². The normalized spacial score (nSPS) is 16.6. The highest BCUT2D eigenvalue weighted by atomic mass is 16.2. The topological polar surface area (TPSA) is 64.7 Å². The van der Waals surface area contributed by atoms with Crippen LogP contribution >= 0.6 is 0 Å². The standard InChI is InChI=1S/C25H32N4O2/c1-28(2)21-13-11-19(12-14-21)23(29-16-15-18-7-3-6-10-22(18)29)17-26-24(30)25(31)27-20-8-4-5-9-20/h3,6-7,10-14,20,23H,4-5,8-9,15-17H2,1-2H3,(H,26,30)(H,27,31). The Bertz CT molecular complexity index is 919. The van der Waals surface area contributed by atoms with Crippen LogP contribution in [0.2, 0.25) is 0 Å². The smallest absolute Gasteiger partial charge is 0.309 e. The average molecular weight is 421 g/mol. The summed E-state index contributed by atoms with van der Waals surface area (Å²) in [5.41, 5.74) is 4.78. The minimum Gasteiger partial charge on any atom is -0.378 e. The van der Waals surface area contributed by atoms with E-state index in [1.807, 2.05) is 14.1 Å². The van der Waals surface area contributed by atoms with E-state index in [0.717, 1.165) is 49.9 Å². The van der Waals surface area contributed by atoms with Gasteiger partial charge in [-0.3, -0.25) is 9.59 Å². The van der Waals surface area contributed by atoms with Gasteiger partial charge in [0, 0.05) is 44.6 Å². The molecule has 0 radical (unpaired) electrons. The van der Waals surface area contributed by atoms with Crippen molar-refractivity contribution in [2.24, 2.45) is 0 Å². The number of nitrogens with one attached hydrogen (secondary N) is 2. The van der Waals surface area contributed by atoms with E-state index >= 15 is 0 Å². The average Bonchev–Trinajstić information content (AvgIpc) is 3.44. The number of fused-ring (bicyclic) bond motifs is 1. The number of nitrogens with zero attached hydrogens (tertiary/aromatic N) is 2. The maximum atomic E-state index is 12.5. The minimum atomic E-state index is -0.547. The second kappa shape index (κ2) is 9.41. The summed E-state index contributed by atoms with van der Waals surface area (Å²) >= 11 is 0. The summed E-state index contributed by atoms with van der Waals surface area (Å²) in [6, 6.07) is 16.9. The number of amides is 2. The summed E-state index contributed by atoms with van der Waals surface area (Å²) in [4.78, 5) is 29.3. The van der Waals surface area contributed by atoms with Crippen LogP contribution in [0, 0.1) is 0 Å². The number of anilines is 2. The molecule has 31 heavy (non-hydrogen) atoms. The van der Waals surface area contributed by atoms with Crippen LogP contribution < -0.4 is 20.4 Å². The van der Waals surface area contributed by atoms with Crippen molar-refractivity contribution < 1.29 is 9.59 Å². The van der Waals surface area contributed by atoms with Crippen LogP contribution in [0.5, 0.6) is 0 Å². The SMILES string of the molecule is CN(C)c1ccc(C(CNC(=O)C(=O)NC2CCCC2)N2CCc3ccccc32)cc1. The number of carbonyl (C=O) groups excluding carboxylic acids is 2. The number of para-hydroxylation sites is 1. The molecule has 1 aliphatic heterocycles. The van der Waals surface area contributed by atoms with Gasteiger partial charge in [0.2, 0.25) is 0 Å². The van der Waals surface area contributed by atoms with Crippen molar-refractivity contribution in [3.05, 3.63) is 59.7 Å². The fourth-order valence-electron chi connectivity index (χ4n) is 4.68. The Kier molecular flexibility index (Phi) is 6.44. The molecule has 1 aliphatic carbocycles. The van der Waals surface area contributed by atoms with E-state index in [-0.39, 0.29) is 12.1 Å². The lowest BCUT2D eigenvalue weighted by atomic mass is 10.0. The summed E-state index contributed by atoms with van der Waals surface area (Å²) in [6.45, 7) is 1.27. The molecule has 1 unspecified atom stereocenters. The van der Waals surface area contributed by atoms with Crippen LogP contribution in [-0.2, 0) is 16.0 Å². The van der Waals surface area contributed by atoms with Crippen molar-refractivity contribution in [3.8, 4) is 0 Å². The van der Waals surface area contributed by atoms with Crippen molar-refractivity contribution >= 4 is 23.2 Å². The third-order valence-electron chi connectivity index (χ3n) is 6.45. The summed E-state index contributed by atoms with van der Waals surface area (Å²) in [7, 11) is 4.04. The molecule has 1 saturated carbocycles. The van der Waals surface area contributed by atoms with Gasteiger partial charge >= 0.3 is 11.8 Å². The molecule has 1 fully saturated rings. The minimum absolute atomic E-state index is 0.0388. The van der Waals surface area contributed by atoms with E-state index in [1.54, 1.807) is 0 Å². The molecular weight excluding hydrogens is 388 g/mol. The highest BCUT2D eigenvalue weighted by molar-refractivity contribution is 6.35. The quantitative estimate of drug-likeness (QED) is 0.705. The van der Waals surface area contributed by atoms with E-state index in [9.17, 15) is 9.59 Å². The molecule has 1 atom stereocenters. The number of hydrogen-bond acceptors (Lipinski definition) is 4. The van der Waals surface area contributed by atoms with E-state index in [0.29, 0.717) is 6.54 Å². The molecule has 2 aromatic carbocycles. The number of rotatable bonds is 6. The summed E-state index contributed by atoms with van der Waals surface area (Å²) in [5, 5.41) is 5.77. The Morgan fingerprint density at radius 2 is 1.74 bits per heavy atom. The second-order valence-corrected chi connectivity index (χ2v) is 8.74. The fraction of sp³-hybridized carbons (Fsp3) is 0.440. The molecule has 0 bridgehead atoms. The first-order valence-electron chi connectivity index (χ1n) is 11.2. The first kappa shape index (κ1) is 21.2. The Balaban J connectivity index is 1.50. The van der Waals surface area contributed by atoms with Gasteiger partial charge in [-0.1, -0.05) is 43.2 Å². The van der Waals surface area contributed by atoms with Crippen molar-refractivity contribution in [1.82, 2.24) is 10.6 Å². The van der Waals surface area contributed by atoms with Gasteiger partial charge in [-0.05, 0) is 48.6 Å². The van der Waals surface area contributed by atoms with E-state index < -0.39 is 11.8 Å². The van der Waals surface area contributed by atoms with Gasteiger partial charge in [0.15, 0.2) is 0 Å². The van der Waals surface area contributed by atoms with Gasteiger partial charge in [0.05, 0.1) is 6.04 Å². The van der Waals surface area contributed by atoms with Crippen LogP contribution in [0.15, 0.2) is 48.5 Å². The van der Waals surface area contributed by atoms with Gasteiger partial charge < -0.3 is 20.4 Å². The molecule has 1 heterocycles. The third kappa shape index (κ3) is 4.84. The van der Waals surface area contributed by atoms with Crippen LogP contribution in [0.3, 0.4) is 0 Å². The molecule has 0 saturated heterocycles. The number of carbonyl (C=O) groups is 2. The molecule has 0 spiro atoms. The van der Waals surface area contributed by atoms with E-state index in [2.05, 4.69) is 69.0 Å². The lowest BCUT2D eigenvalue weighted by molar-refractivity contribution is -0.139. The van der Waals surface area contributed by atoms with Crippen molar-refractivity contribution in [2.45, 2.75) is 44.2 Å². The Morgan fingerprint density at radius 3 is 2.45 bits per heavy atom. The largest absolute Gasteiger partial charge is 0.378 e. The maximum Gasteiger partial charge on any atom is 0.309 e. The van der Waals surface area contributed by atoms with Crippen molar-refractivity contribution in [3.63, 3.8) is 0 Å². The summed E-state index contributed by atoms with van der Waals surface area (Å²) in [5.74, 6) is -1.07. The molecule has 164 valence electrons. The van der Waals surface area contributed by atoms with Crippen LogP contribution in [0.25, 0.3) is 0 Å². The first-order valence-corrected chi connectivity index (χ1v) is 11.2. The van der Waals surface area contributed by atoms with Gasteiger partial charge in [-0.15, -0.1) is 0 Å². The molecular formula is C25H32N4O2. The fourth-order valence-corrected chi connectivity index (χ4v) is 4.68. The Morgan fingerprint density at radius 1 is 1.03 bits per heavy atom. The van der Waals surface area contributed by atoms with Crippen molar-refractivity contribution in [1.29, 1.82) is 0 Å². The van der Waals surface area contributed by atoms with Gasteiger partial charge in [-0.25, -0.2) is 0 Å². The highest BCUT2D eigenvalue weighted by Crippen LogP contribution is 2.35. The van der Waals surface area contributed by atoms with Gasteiger partial charge in [0.25, 0.3) is 0 Å². The highest BCUT2D eigenvalue weighted by Gasteiger charge is 2.29. The molecule has 4 rings (SSSR count). The molecule has 6 nitrogen and oxygen atoms in total. The first-order chi connectivity index (χ1) is 15.0. The number of benzene rings is 2. The molecule has 2 N–H and O–H groups in total. The molecule has 0 aromatic heterocycles. The summed E-state index contributed by atoms with van der Waals surface area (Å²) in [6.07, 6.45) is 5.14. The predicted molar refractivity (Wildman–Crippen MR) is 124 cm³/mol. The molecule has 6 heteroatoms. The van der Waals surface area contributed by atoms with Crippen LogP contribution in [0.4, 0.5) is 11.4 Å². The van der Waals surface area contributed by atoms with Crippen molar-refractivity contribution in [2.75, 3.05) is 37.0 Å². The zero-order valence-electron chi connectivity index (χ0n) is 18.4. The van der Waals surface area contributed by atoms with E-state index in [4.69, 9.17) is 0 Å². The Labute approximate surface area is 184 Å². The summed E-state index contributed by atoms with van der Waals surface area (Å²) < 4.78 is 0. The zero-order valence-corrected chi connectivity index (χ0v) is 18.4. The maximum absolute atomic E-state index is 12.5. The third-order valence-corrected chi connectivity index (χ3v) is 6.45. The lowest BCUT2D eigenvalue weighted by Crippen LogP contribution is -2.46. The second-order valence-electron chi connectivity index (χ2n) is 8.74. The lowest BCUT2D eigenvalue weighted by Gasteiger charge is -2.31.